The van der Waals surface area contributed by atoms with Gasteiger partial charge in [-0.2, -0.15) is 0 Å². The monoisotopic (exact) mass is 273 g/mol. The van der Waals surface area contributed by atoms with Gasteiger partial charge in [0.15, 0.2) is 0 Å². The lowest BCUT2D eigenvalue weighted by Crippen LogP contribution is -2.39. The van der Waals surface area contributed by atoms with Gasteiger partial charge >= 0.3 is 0 Å². The molecule has 4 heteroatoms. The number of rotatable bonds is 5. The van der Waals surface area contributed by atoms with Crippen molar-refractivity contribution in [3.63, 3.8) is 0 Å². The first-order valence-electron chi connectivity index (χ1n) is 7.03. The Balaban J connectivity index is 2.17. The predicted molar refractivity (Wildman–Crippen MR) is 82.7 cm³/mol. The van der Waals surface area contributed by atoms with E-state index in [0.717, 1.165) is 16.7 Å². The van der Waals surface area contributed by atoms with E-state index in [2.05, 4.69) is 29.1 Å². The highest BCUT2D eigenvalue weighted by Gasteiger charge is 2.30. The predicted octanol–water partition coefficient (Wildman–Crippen LogP) is 3.08. The summed E-state index contributed by atoms with van der Waals surface area (Å²) in [6, 6.07) is 7.91. The van der Waals surface area contributed by atoms with Crippen LogP contribution >= 0.6 is 0 Å². The normalized spacial score (nSPS) is 13.7. The summed E-state index contributed by atoms with van der Waals surface area (Å²) < 4.78 is 0. The van der Waals surface area contributed by atoms with E-state index in [1.54, 1.807) is 6.33 Å². The quantitative estimate of drug-likeness (QED) is 0.879. The lowest BCUT2D eigenvalue weighted by molar-refractivity contribution is 0.0210. The second-order valence-corrected chi connectivity index (χ2v) is 6.27. The number of nitrogens with zero attached hydrogens (tertiary/aromatic N) is 2. The number of aromatic nitrogens is 2. The Hall–Kier alpha value is -1.68. The first kappa shape index (κ1) is 14.7. The zero-order valence-electron chi connectivity index (χ0n) is 12.6. The summed E-state index contributed by atoms with van der Waals surface area (Å²) in [6.07, 6.45) is 1.21. The highest BCUT2D eigenvalue weighted by molar-refractivity contribution is 5.88. The number of aliphatic hydroxyl groups excluding tert-OH is 1. The third-order valence-corrected chi connectivity index (χ3v) is 3.69. The van der Waals surface area contributed by atoms with Crippen molar-refractivity contribution < 1.29 is 5.11 Å². The first-order valence-corrected chi connectivity index (χ1v) is 7.03. The topological polar surface area (TPSA) is 58.0 Å². The third kappa shape index (κ3) is 3.07. The molecule has 0 radical (unpaired) electrons. The third-order valence-electron chi connectivity index (χ3n) is 3.69. The summed E-state index contributed by atoms with van der Waals surface area (Å²) in [6.45, 7) is 8.86. The van der Waals surface area contributed by atoms with Crippen molar-refractivity contribution in [2.75, 3.05) is 11.9 Å². The zero-order valence-corrected chi connectivity index (χ0v) is 12.6. The Bertz CT molecular complexity index is 575. The van der Waals surface area contributed by atoms with Gasteiger partial charge in [-0.1, -0.05) is 39.8 Å². The molecular weight excluding hydrogens is 250 g/mol. The van der Waals surface area contributed by atoms with Crippen LogP contribution in [0.5, 0.6) is 0 Å². The molecule has 0 aliphatic heterocycles. The van der Waals surface area contributed by atoms with Gasteiger partial charge in [-0.05, 0) is 18.1 Å². The largest absolute Gasteiger partial charge is 0.392 e. The van der Waals surface area contributed by atoms with Crippen LogP contribution in [0.25, 0.3) is 10.9 Å². The standard InChI is InChI=1S/C16H23N3O/c1-11(2)14(20)16(3,4)9-17-15-12-7-5-6-8-13(12)18-10-19-15/h5-8,10-11,14,20H,9H2,1-4H3,(H,17,18,19). The molecule has 1 heterocycles. The molecule has 2 aromatic rings. The van der Waals surface area contributed by atoms with Crippen molar-refractivity contribution in [3.8, 4) is 0 Å². The summed E-state index contributed by atoms with van der Waals surface area (Å²) >= 11 is 0. The summed E-state index contributed by atoms with van der Waals surface area (Å²) in [7, 11) is 0. The Morgan fingerprint density at radius 1 is 1.20 bits per heavy atom. The molecule has 0 saturated heterocycles. The minimum Gasteiger partial charge on any atom is -0.392 e. The van der Waals surface area contributed by atoms with E-state index in [9.17, 15) is 5.11 Å². The first-order chi connectivity index (χ1) is 9.42. The van der Waals surface area contributed by atoms with Gasteiger partial charge in [-0.3, -0.25) is 0 Å². The Labute approximate surface area is 120 Å². The van der Waals surface area contributed by atoms with E-state index >= 15 is 0 Å². The average Bonchev–Trinajstić information content (AvgIpc) is 2.44. The van der Waals surface area contributed by atoms with Gasteiger partial charge in [0, 0.05) is 17.3 Å². The SMILES string of the molecule is CC(C)C(O)C(C)(C)CNc1ncnc2ccccc12. The smallest absolute Gasteiger partial charge is 0.137 e. The van der Waals surface area contributed by atoms with Gasteiger partial charge in [-0.15, -0.1) is 0 Å². The molecule has 2 rings (SSSR count). The fraction of sp³-hybridized carbons (Fsp3) is 0.500. The van der Waals surface area contributed by atoms with Crippen LogP contribution in [-0.4, -0.2) is 27.7 Å². The molecule has 1 aromatic heterocycles. The van der Waals surface area contributed by atoms with E-state index in [1.165, 1.54) is 0 Å². The molecule has 20 heavy (non-hydrogen) atoms. The molecule has 4 nitrogen and oxygen atoms in total. The van der Waals surface area contributed by atoms with E-state index in [-0.39, 0.29) is 17.4 Å². The average molecular weight is 273 g/mol. The van der Waals surface area contributed by atoms with Crippen molar-refractivity contribution in [1.29, 1.82) is 0 Å². The van der Waals surface area contributed by atoms with Crippen LogP contribution in [0, 0.1) is 11.3 Å². The summed E-state index contributed by atoms with van der Waals surface area (Å²) in [5.41, 5.74) is 0.701. The van der Waals surface area contributed by atoms with Crippen molar-refractivity contribution in [2.24, 2.45) is 11.3 Å². The summed E-state index contributed by atoms with van der Waals surface area (Å²) in [5, 5.41) is 14.6. The molecule has 0 fully saturated rings. The number of benzene rings is 1. The number of para-hydroxylation sites is 1. The second kappa shape index (κ2) is 5.75. The van der Waals surface area contributed by atoms with E-state index in [1.807, 2.05) is 38.1 Å². The van der Waals surface area contributed by atoms with Gasteiger partial charge in [0.25, 0.3) is 0 Å². The summed E-state index contributed by atoms with van der Waals surface area (Å²) in [5.74, 6) is 1.05. The number of fused-ring (bicyclic) bond motifs is 1. The van der Waals surface area contributed by atoms with E-state index in [0.29, 0.717) is 6.54 Å². The number of hydrogen-bond acceptors (Lipinski definition) is 4. The molecule has 0 bridgehead atoms. The maximum Gasteiger partial charge on any atom is 0.137 e. The van der Waals surface area contributed by atoms with Gasteiger partial charge in [0.05, 0.1) is 11.6 Å². The van der Waals surface area contributed by atoms with Crippen LogP contribution in [0.4, 0.5) is 5.82 Å². The maximum absolute atomic E-state index is 10.3. The van der Waals surface area contributed by atoms with Gasteiger partial charge < -0.3 is 10.4 Å². The van der Waals surface area contributed by atoms with Crippen LogP contribution in [0.3, 0.4) is 0 Å². The highest BCUT2D eigenvalue weighted by atomic mass is 16.3. The lowest BCUT2D eigenvalue weighted by Gasteiger charge is -2.33. The van der Waals surface area contributed by atoms with Crippen LogP contribution in [0.2, 0.25) is 0 Å². The Kier molecular flexibility index (Phi) is 4.23. The molecular formula is C16H23N3O. The van der Waals surface area contributed by atoms with Crippen molar-refractivity contribution in [2.45, 2.75) is 33.8 Å². The van der Waals surface area contributed by atoms with Crippen LogP contribution in [0.15, 0.2) is 30.6 Å². The number of aliphatic hydroxyl groups is 1. The molecule has 1 atom stereocenters. The van der Waals surface area contributed by atoms with Crippen LogP contribution < -0.4 is 5.32 Å². The fourth-order valence-electron chi connectivity index (χ4n) is 2.46. The summed E-state index contributed by atoms with van der Waals surface area (Å²) in [4.78, 5) is 8.56. The Morgan fingerprint density at radius 3 is 2.60 bits per heavy atom. The number of anilines is 1. The number of nitrogens with one attached hydrogen (secondary N) is 1. The van der Waals surface area contributed by atoms with Gasteiger partial charge in [-0.25, -0.2) is 9.97 Å². The highest BCUT2D eigenvalue weighted by Crippen LogP contribution is 2.27. The van der Waals surface area contributed by atoms with Gasteiger partial charge in [0.1, 0.15) is 12.1 Å². The molecule has 2 N–H and O–H groups in total. The molecule has 0 amide bonds. The van der Waals surface area contributed by atoms with Gasteiger partial charge in [0.2, 0.25) is 0 Å². The maximum atomic E-state index is 10.3. The Morgan fingerprint density at radius 2 is 1.90 bits per heavy atom. The van der Waals surface area contributed by atoms with Crippen molar-refractivity contribution in [1.82, 2.24) is 9.97 Å². The second-order valence-electron chi connectivity index (χ2n) is 6.27. The lowest BCUT2D eigenvalue weighted by atomic mass is 9.81. The van der Waals surface area contributed by atoms with Crippen molar-refractivity contribution >= 4 is 16.7 Å². The molecule has 0 saturated carbocycles. The zero-order chi connectivity index (χ0) is 14.8. The molecule has 1 unspecified atom stereocenters. The number of hydrogen-bond donors (Lipinski definition) is 2. The molecule has 108 valence electrons. The minimum atomic E-state index is -0.358. The molecule has 0 aliphatic rings. The molecule has 0 spiro atoms. The molecule has 1 aromatic carbocycles. The molecule has 0 aliphatic carbocycles. The van der Waals surface area contributed by atoms with E-state index < -0.39 is 0 Å². The van der Waals surface area contributed by atoms with Crippen LogP contribution in [0.1, 0.15) is 27.7 Å². The van der Waals surface area contributed by atoms with Crippen molar-refractivity contribution in [3.05, 3.63) is 30.6 Å². The fourth-order valence-corrected chi connectivity index (χ4v) is 2.46. The minimum absolute atomic E-state index is 0.222. The van der Waals surface area contributed by atoms with Crippen LogP contribution in [-0.2, 0) is 0 Å². The van der Waals surface area contributed by atoms with E-state index in [4.69, 9.17) is 0 Å².